The summed E-state index contributed by atoms with van der Waals surface area (Å²) in [6.07, 6.45) is -0.280. The van der Waals surface area contributed by atoms with Crippen molar-refractivity contribution in [2.75, 3.05) is 40.0 Å². The van der Waals surface area contributed by atoms with Gasteiger partial charge in [0.1, 0.15) is 0 Å². The average molecular weight is 498 g/mol. The van der Waals surface area contributed by atoms with E-state index in [9.17, 15) is 18.0 Å². The van der Waals surface area contributed by atoms with Crippen molar-refractivity contribution in [2.45, 2.75) is 76.0 Å². The Morgan fingerprint density at radius 1 is 1.37 bits per heavy atom. The molecule has 0 spiro atoms. The molecule has 0 unspecified atom stereocenters. The lowest BCUT2D eigenvalue weighted by atomic mass is 9.80. The van der Waals surface area contributed by atoms with Crippen LogP contribution in [-0.4, -0.2) is 85.0 Å². The molecule has 0 N–H and O–H groups in total. The number of hydrogen-bond acceptors (Lipinski definition) is 6. The number of rotatable bonds is 5. The lowest BCUT2D eigenvalue weighted by molar-refractivity contribution is -0.145. The summed E-state index contributed by atoms with van der Waals surface area (Å²) in [7, 11) is 1.71. The normalized spacial score (nSPS) is 33.1. The molecule has 10 heteroatoms. The van der Waals surface area contributed by atoms with Crippen molar-refractivity contribution in [3.63, 3.8) is 0 Å². The summed E-state index contributed by atoms with van der Waals surface area (Å²) >= 11 is 0. The molecular formula is C25H34F3N3O4. The first-order chi connectivity index (χ1) is 16.8. The summed E-state index contributed by atoms with van der Waals surface area (Å²) in [6.45, 7) is 5.40. The highest BCUT2D eigenvalue weighted by Gasteiger charge is 2.59. The second kappa shape index (κ2) is 9.61. The highest BCUT2D eigenvalue weighted by molar-refractivity contribution is 5.84. The van der Waals surface area contributed by atoms with E-state index in [0.717, 1.165) is 31.6 Å². The Morgan fingerprint density at radius 2 is 2.20 bits per heavy atom. The van der Waals surface area contributed by atoms with Gasteiger partial charge in [0.2, 0.25) is 5.91 Å². The quantitative estimate of drug-likeness (QED) is 0.623. The molecule has 1 aromatic heterocycles. The van der Waals surface area contributed by atoms with Crippen LogP contribution in [0.2, 0.25) is 0 Å². The number of halogens is 3. The van der Waals surface area contributed by atoms with E-state index < -0.39 is 17.2 Å². The van der Waals surface area contributed by atoms with Gasteiger partial charge in [-0.3, -0.25) is 14.7 Å². The first-order valence-electron chi connectivity index (χ1n) is 12.6. The molecule has 4 heterocycles. The van der Waals surface area contributed by atoms with Crippen LogP contribution in [0.25, 0.3) is 0 Å². The number of amides is 1. The Bertz CT molecular complexity index is 945. The molecule has 35 heavy (non-hydrogen) atoms. The van der Waals surface area contributed by atoms with Crippen LogP contribution in [0.5, 0.6) is 0 Å². The van der Waals surface area contributed by atoms with Gasteiger partial charge < -0.3 is 19.1 Å². The van der Waals surface area contributed by atoms with Crippen LogP contribution >= 0.6 is 0 Å². The van der Waals surface area contributed by atoms with E-state index in [2.05, 4.69) is 16.8 Å². The number of carbonyl (C=O) groups is 1. The van der Waals surface area contributed by atoms with Gasteiger partial charge in [-0.1, -0.05) is 6.92 Å². The minimum absolute atomic E-state index is 0.00867. The third-order valence-corrected chi connectivity index (χ3v) is 8.48. The monoisotopic (exact) mass is 497 g/mol. The van der Waals surface area contributed by atoms with Crippen molar-refractivity contribution >= 4 is 5.91 Å². The van der Waals surface area contributed by atoms with Crippen LogP contribution in [0, 0.1) is 5.41 Å². The summed E-state index contributed by atoms with van der Waals surface area (Å²) < 4.78 is 57.1. The van der Waals surface area contributed by atoms with Crippen molar-refractivity contribution in [3.8, 4) is 0 Å². The van der Waals surface area contributed by atoms with E-state index in [1.807, 2.05) is 0 Å². The van der Waals surface area contributed by atoms with E-state index in [1.54, 1.807) is 12.0 Å². The highest BCUT2D eigenvalue weighted by Crippen LogP contribution is 2.51. The molecule has 1 aliphatic carbocycles. The van der Waals surface area contributed by atoms with Crippen LogP contribution in [0.3, 0.4) is 0 Å². The van der Waals surface area contributed by atoms with Crippen molar-refractivity contribution in [3.05, 3.63) is 29.1 Å². The van der Waals surface area contributed by atoms with E-state index in [4.69, 9.17) is 14.2 Å². The van der Waals surface area contributed by atoms with Crippen LogP contribution in [0.4, 0.5) is 13.2 Å². The molecule has 2 saturated heterocycles. The predicted octanol–water partition coefficient (Wildman–Crippen LogP) is 3.05. The molecule has 0 bridgehead atoms. The SMILES string of the molecule is CCN([C@@H]1C[C@H]2OCC[C@@]2(C(=O)N2CCc3ncc(C(F)(F)F)cc3C2)C1)[C@H]1CCOC[C@H]1OC. The Labute approximate surface area is 203 Å². The van der Waals surface area contributed by atoms with E-state index in [1.165, 1.54) is 0 Å². The maximum Gasteiger partial charge on any atom is 0.417 e. The first-order valence-corrected chi connectivity index (χ1v) is 12.6. The lowest BCUT2D eigenvalue weighted by Crippen LogP contribution is -2.53. The van der Waals surface area contributed by atoms with Gasteiger partial charge in [0.05, 0.1) is 29.8 Å². The van der Waals surface area contributed by atoms with Crippen LogP contribution in [0.15, 0.2) is 12.3 Å². The van der Waals surface area contributed by atoms with Crippen molar-refractivity contribution in [2.24, 2.45) is 5.41 Å². The second-order valence-electron chi connectivity index (χ2n) is 10.2. The van der Waals surface area contributed by atoms with Gasteiger partial charge in [0.15, 0.2) is 0 Å². The number of fused-ring (bicyclic) bond motifs is 2. The molecule has 1 amide bonds. The third-order valence-electron chi connectivity index (χ3n) is 8.48. The molecule has 4 aliphatic rings. The molecule has 5 atom stereocenters. The number of carbonyl (C=O) groups excluding carboxylic acids is 1. The van der Waals surface area contributed by atoms with Gasteiger partial charge in [0, 0.05) is 63.8 Å². The van der Waals surface area contributed by atoms with Crippen LogP contribution in [-0.2, 0) is 38.1 Å². The Balaban J connectivity index is 1.35. The summed E-state index contributed by atoms with van der Waals surface area (Å²) in [5, 5.41) is 0. The van der Waals surface area contributed by atoms with Gasteiger partial charge in [-0.25, -0.2) is 0 Å². The average Bonchev–Trinajstić information content (AvgIpc) is 3.42. The fraction of sp³-hybridized carbons (Fsp3) is 0.760. The Kier molecular flexibility index (Phi) is 6.84. The summed E-state index contributed by atoms with van der Waals surface area (Å²) in [5.74, 6) is 0.0110. The smallest absolute Gasteiger partial charge is 0.379 e. The molecular weight excluding hydrogens is 463 g/mol. The zero-order valence-corrected chi connectivity index (χ0v) is 20.4. The van der Waals surface area contributed by atoms with Gasteiger partial charge >= 0.3 is 6.18 Å². The standard InChI is InChI=1S/C25H34F3N3O4/c1-3-31(20-5-8-34-15-21(20)33-2)18-11-22-24(12-18,6-9-35-22)23(32)30-7-4-19-16(14-30)10-17(13-29-19)25(26,27)28/h10,13,18,20-22H,3-9,11-12,14-15H2,1-2H3/t18-,20+,21-,22-,24-/m1/s1. The van der Waals surface area contributed by atoms with Gasteiger partial charge in [-0.15, -0.1) is 0 Å². The maximum atomic E-state index is 14.0. The molecule has 1 saturated carbocycles. The predicted molar refractivity (Wildman–Crippen MR) is 121 cm³/mol. The van der Waals surface area contributed by atoms with Gasteiger partial charge in [-0.2, -0.15) is 13.2 Å². The lowest BCUT2D eigenvalue weighted by Gasteiger charge is -2.42. The molecule has 0 radical (unpaired) electrons. The molecule has 3 fully saturated rings. The topological polar surface area (TPSA) is 64.1 Å². The minimum Gasteiger partial charge on any atom is -0.379 e. The number of nitrogens with zero attached hydrogens (tertiary/aromatic N) is 3. The molecule has 7 nitrogen and oxygen atoms in total. The highest BCUT2D eigenvalue weighted by atomic mass is 19.4. The molecule has 3 aliphatic heterocycles. The largest absolute Gasteiger partial charge is 0.417 e. The molecule has 0 aromatic carbocycles. The van der Waals surface area contributed by atoms with Crippen LogP contribution in [0.1, 0.15) is 49.4 Å². The van der Waals surface area contributed by atoms with Gasteiger partial charge in [0.25, 0.3) is 0 Å². The number of ether oxygens (including phenoxy) is 3. The second-order valence-corrected chi connectivity index (χ2v) is 10.2. The summed E-state index contributed by atoms with van der Waals surface area (Å²) in [6, 6.07) is 1.56. The number of methoxy groups -OCH3 is 1. The zero-order valence-electron chi connectivity index (χ0n) is 20.4. The summed E-state index contributed by atoms with van der Waals surface area (Å²) in [5.41, 5.74) is -0.265. The van der Waals surface area contributed by atoms with Crippen molar-refractivity contribution in [1.29, 1.82) is 0 Å². The van der Waals surface area contributed by atoms with Crippen molar-refractivity contribution < 1.29 is 32.2 Å². The third kappa shape index (κ3) is 4.47. The number of alkyl halides is 3. The fourth-order valence-electron chi connectivity index (χ4n) is 6.70. The number of hydrogen-bond donors (Lipinski definition) is 0. The van der Waals surface area contributed by atoms with E-state index in [0.29, 0.717) is 56.9 Å². The maximum absolute atomic E-state index is 14.0. The molecule has 1 aromatic rings. The first kappa shape index (κ1) is 24.9. The Morgan fingerprint density at radius 3 is 2.94 bits per heavy atom. The number of aromatic nitrogens is 1. The van der Waals surface area contributed by atoms with Crippen LogP contribution < -0.4 is 0 Å². The minimum atomic E-state index is -4.45. The Hall–Kier alpha value is -1.75. The molecule has 194 valence electrons. The summed E-state index contributed by atoms with van der Waals surface area (Å²) in [4.78, 5) is 22.2. The van der Waals surface area contributed by atoms with Crippen molar-refractivity contribution in [1.82, 2.24) is 14.8 Å². The number of likely N-dealkylation sites (N-methyl/N-ethyl adjacent to an activating group) is 1. The van der Waals surface area contributed by atoms with E-state index >= 15 is 0 Å². The van der Waals surface area contributed by atoms with Gasteiger partial charge in [-0.05, 0) is 43.9 Å². The fourth-order valence-corrected chi connectivity index (χ4v) is 6.70. The zero-order chi connectivity index (χ0) is 24.8. The molecule has 5 rings (SSSR count). The van der Waals surface area contributed by atoms with E-state index in [-0.39, 0.29) is 36.7 Å². The number of pyridine rings is 1.